The van der Waals surface area contributed by atoms with Crippen molar-refractivity contribution < 1.29 is 4.74 Å². The van der Waals surface area contributed by atoms with Crippen LogP contribution in [0.15, 0.2) is 42.7 Å². The molecule has 31 heavy (non-hydrogen) atoms. The Bertz CT molecular complexity index is 1240. The van der Waals surface area contributed by atoms with Crippen molar-refractivity contribution >= 4 is 17.2 Å². The molecule has 1 saturated carbocycles. The first-order chi connectivity index (χ1) is 14.9. The molecule has 0 spiro atoms. The fraction of sp³-hybridized carbons (Fsp3) is 0.304. The van der Waals surface area contributed by atoms with E-state index < -0.39 is 0 Å². The van der Waals surface area contributed by atoms with Gasteiger partial charge in [-0.1, -0.05) is 6.07 Å². The monoisotopic (exact) mass is 415 g/mol. The van der Waals surface area contributed by atoms with E-state index in [1.165, 1.54) is 0 Å². The van der Waals surface area contributed by atoms with Crippen molar-refractivity contribution in [1.82, 2.24) is 24.6 Å². The van der Waals surface area contributed by atoms with Gasteiger partial charge in [0.15, 0.2) is 5.82 Å². The van der Waals surface area contributed by atoms with Crippen molar-refractivity contribution in [3.8, 4) is 16.9 Å². The van der Waals surface area contributed by atoms with Gasteiger partial charge < -0.3 is 15.8 Å². The van der Waals surface area contributed by atoms with E-state index in [9.17, 15) is 0 Å². The van der Waals surface area contributed by atoms with Gasteiger partial charge in [0.1, 0.15) is 23.5 Å². The van der Waals surface area contributed by atoms with Crippen LogP contribution in [0.2, 0.25) is 0 Å². The molecule has 3 N–H and O–H groups in total. The van der Waals surface area contributed by atoms with Crippen molar-refractivity contribution in [2.45, 2.75) is 45.8 Å². The summed E-state index contributed by atoms with van der Waals surface area (Å²) in [6, 6.07) is 10.3. The van der Waals surface area contributed by atoms with Gasteiger partial charge in [-0.25, -0.2) is 14.5 Å². The Morgan fingerprint density at radius 1 is 1.03 bits per heavy atom. The number of nitrogens with zero attached hydrogens (tertiary/aromatic N) is 5. The van der Waals surface area contributed by atoms with Gasteiger partial charge in [0.25, 0.3) is 0 Å². The van der Waals surface area contributed by atoms with Gasteiger partial charge >= 0.3 is 0 Å². The van der Waals surface area contributed by atoms with Crippen molar-refractivity contribution in [1.29, 1.82) is 0 Å². The van der Waals surface area contributed by atoms with Gasteiger partial charge in [-0.2, -0.15) is 5.10 Å². The zero-order valence-corrected chi connectivity index (χ0v) is 17.8. The highest BCUT2D eigenvalue weighted by atomic mass is 16.5. The van der Waals surface area contributed by atoms with E-state index in [1.54, 1.807) is 6.20 Å². The number of pyridine rings is 2. The molecule has 1 fully saturated rings. The molecule has 0 saturated heterocycles. The van der Waals surface area contributed by atoms with Crippen LogP contribution in [0, 0.1) is 20.8 Å². The molecule has 1 aliphatic carbocycles. The maximum Gasteiger partial charge on any atom is 0.154 e. The standard InChI is InChI=1S/C23H25N7O/c1-13-7-19(21(12-25-13)31-17-9-16(24)10-17)18-5-4-6-30-20(18)11-23(29-30)28-22-8-14(2)26-15(3)27-22/h4-8,11-12,16-17H,9-10,24H2,1-3H3,(H,26,27,28,29). The van der Waals surface area contributed by atoms with Crippen LogP contribution in [0.3, 0.4) is 0 Å². The van der Waals surface area contributed by atoms with Crippen LogP contribution in [-0.4, -0.2) is 36.7 Å². The van der Waals surface area contributed by atoms with Crippen molar-refractivity contribution in [2.24, 2.45) is 5.73 Å². The molecule has 0 amide bonds. The van der Waals surface area contributed by atoms with Crippen molar-refractivity contribution in [3.63, 3.8) is 0 Å². The summed E-state index contributed by atoms with van der Waals surface area (Å²) < 4.78 is 8.09. The summed E-state index contributed by atoms with van der Waals surface area (Å²) in [6.07, 6.45) is 5.62. The molecule has 0 bridgehead atoms. The highest BCUT2D eigenvalue weighted by Crippen LogP contribution is 2.36. The zero-order chi connectivity index (χ0) is 21.5. The summed E-state index contributed by atoms with van der Waals surface area (Å²) in [5, 5.41) is 7.97. The lowest BCUT2D eigenvalue weighted by Gasteiger charge is -2.33. The van der Waals surface area contributed by atoms with Crippen molar-refractivity contribution in [2.75, 3.05) is 5.32 Å². The Morgan fingerprint density at radius 2 is 1.87 bits per heavy atom. The molecule has 158 valence electrons. The zero-order valence-electron chi connectivity index (χ0n) is 17.8. The van der Waals surface area contributed by atoms with Crippen LogP contribution < -0.4 is 15.8 Å². The Morgan fingerprint density at radius 3 is 2.65 bits per heavy atom. The molecule has 8 heteroatoms. The van der Waals surface area contributed by atoms with E-state index in [4.69, 9.17) is 10.5 Å². The van der Waals surface area contributed by atoms with Gasteiger partial charge in [-0.3, -0.25) is 4.98 Å². The molecular weight excluding hydrogens is 390 g/mol. The second kappa shape index (κ2) is 7.63. The average Bonchev–Trinajstić information content (AvgIpc) is 3.09. The molecule has 8 nitrogen and oxygen atoms in total. The van der Waals surface area contributed by atoms with Gasteiger partial charge in [-0.05, 0) is 45.7 Å². The Labute approximate surface area is 180 Å². The highest BCUT2D eigenvalue weighted by molar-refractivity contribution is 5.85. The first kappa shape index (κ1) is 19.4. The summed E-state index contributed by atoms with van der Waals surface area (Å²) >= 11 is 0. The third kappa shape index (κ3) is 3.94. The van der Waals surface area contributed by atoms with Crippen LogP contribution in [0.25, 0.3) is 16.6 Å². The number of hydrogen-bond acceptors (Lipinski definition) is 7. The number of hydrogen-bond donors (Lipinski definition) is 2. The number of ether oxygens (including phenoxy) is 1. The quantitative estimate of drug-likeness (QED) is 0.512. The van der Waals surface area contributed by atoms with Gasteiger partial charge in [0.05, 0.1) is 11.7 Å². The number of aromatic nitrogens is 5. The SMILES string of the molecule is Cc1cc(-c2cccn3nc(Nc4cc(C)nc(C)n4)cc23)c(OC2CC(N)C2)cn1. The van der Waals surface area contributed by atoms with Gasteiger partial charge in [-0.15, -0.1) is 0 Å². The molecule has 0 aliphatic heterocycles. The number of anilines is 2. The lowest BCUT2D eigenvalue weighted by atomic mass is 9.90. The first-order valence-electron chi connectivity index (χ1n) is 10.4. The number of rotatable bonds is 5. The summed E-state index contributed by atoms with van der Waals surface area (Å²) in [6.45, 7) is 5.81. The maximum atomic E-state index is 6.23. The van der Waals surface area contributed by atoms with Crippen LogP contribution in [0.1, 0.15) is 30.1 Å². The topological polar surface area (TPSA) is 103 Å². The van der Waals surface area contributed by atoms with Crippen LogP contribution in [0.4, 0.5) is 11.6 Å². The Hall–Kier alpha value is -3.52. The highest BCUT2D eigenvalue weighted by Gasteiger charge is 2.28. The van der Waals surface area contributed by atoms with E-state index in [-0.39, 0.29) is 12.1 Å². The molecular formula is C23H25N7O. The molecule has 4 aromatic heterocycles. The number of nitrogens with one attached hydrogen (secondary N) is 1. The minimum atomic E-state index is 0.143. The van der Waals surface area contributed by atoms with E-state index in [1.807, 2.05) is 49.7 Å². The second-order valence-corrected chi connectivity index (χ2v) is 8.14. The van der Waals surface area contributed by atoms with Crippen LogP contribution in [-0.2, 0) is 0 Å². The molecule has 1 aliphatic rings. The lowest BCUT2D eigenvalue weighted by molar-refractivity contribution is 0.101. The normalized spacial score (nSPS) is 18.1. The first-order valence-corrected chi connectivity index (χ1v) is 10.4. The molecule has 0 radical (unpaired) electrons. The predicted molar refractivity (Wildman–Crippen MR) is 120 cm³/mol. The largest absolute Gasteiger partial charge is 0.488 e. The predicted octanol–water partition coefficient (Wildman–Crippen LogP) is 3.72. The smallest absolute Gasteiger partial charge is 0.154 e. The lowest BCUT2D eigenvalue weighted by Crippen LogP contribution is -2.43. The summed E-state index contributed by atoms with van der Waals surface area (Å²) in [5.41, 5.74) is 10.8. The van der Waals surface area contributed by atoms with Gasteiger partial charge in [0, 0.05) is 46.9 Å². The fourth-order valence-corrected chi connectivity index (χ4v) is 3.95. The number of aryl methyl sites for hydroxylation is 3. The third-order valence-corrected chi connectivity index (χ3v) is 5.44. The van der Waals surface area contributed by atoms with E-state index in [0.717, 1.165) is 58.3 Å². The summed E-state index contributed by atoms with van der Waals surface area (Å²) in [4.78, 5) is 13.2. The molecule has 0 atom stereocenters. The average molecular weight is 416 g/mol. The minimum absolute atomic E-state index is 0.143. The van der Waals surface area contributed by atoms with Gasteiger partial charge in [0.2, 0.25) is 0 Å². The molecule has 5 rings (SSSR count). The second-order valence-electron chi connectivity index (χ2n) is 8.14. The number of nitrogens with two attached hydrogens (primary N) is 1. The molecule has 0 aromatic carbocycles. The minimum Gasteiger partial charge on any atom is -0.488 e. The Balaban J connectivity index is 1.53. The number of fused-ring (bicyclic) bond motifs is 1. The van der Waals surface area contributed by atoms with Crippen molar-refractivity contribution in [3.05, 3.63) is 59.9 Å². The van der Waals surface area contributed by atoms with Crippen LogP contribution in [0.5, 0.6) is 5.75 Å². The van der Waals surface area contributed by atoms with E-state index >= 15 is 0 Å². The van der Waals surface area contributed by atoms with E-state index in [2.05, 4.69) is 37.5 Å². The Kier molecular flexibility index (Phi) is 4.78. The van der Waals surface area contributed by atoms with E-state index in [0.29, 0.717) is 5.82 Å². The van der Waals surface area contributed by atoms with Crippen LogP contribution >= 0.6 is 0 Å². The molecule has 0 unspecified atom stereocenters. The maximum absolute atomic E-state index is 6.23. The summed E-state index contributed by atoms with van der Waals surface area (Å²) in [5.74, 6) is 2.92. The third-order valence-electron chi connectivity index (χ3n) is 5.44. The molecule has 4 aromatic rings. The fourth-order valence-electron chi connectivity index (χ4n) is 3.95. The molecule has 4 heterocycles. The summed E-state index contributed by atoms with van der Waals surface area (Å²) in [7, 11) is 0.